The van der Waals surface area contributed by atoms with Gasteiger partial charge in [-0.2, -0.15) is 15.3 Å². The van der Waals surface area contributed by atoms with Gasteiger partial charge in [0.05, 0.1) is 33.1 Å². The van der Waals surface area contributed by atoms with Gasteiger partial charge in [0.2, 0.25) is 0 Å². The van der Waals surface area contributed by atoms with Crippen LogP contribution in [-0.2, 0) is 0 Å². The molecule has 0 saturated heterocycles. The van der Waals surface area contributed by atoms with Crippen LogP contribution in [0.5, 0.6) is 0 Å². The summed E-state index contributed by atoms with van der Waals surface area (Å²) in [5, 5.41) is 13.9. The molecule has 27 heavy (non-hydrogen) atoms. The molecule has 132 valence electrons. The van der Waals surface area contributed by atoms with Crippen molar-refractivity contribution in [2.75, 3.05) is 5.73 Å². The van der Waals surface area contributed by atoms with E-state index in [1.807, 2.05) is 60.2 Å². The smallest absolute Gasteiger partial charge is 0.128 e. The van der Waals surface area contributed by atoms with Gasteiger partial charge < -0.3 is 5.73 Å². The van der Waals surface area contributed by atoms with Crippen LogP contribution in [0, 0.1) is 6.92 Å². The number of rotatable bonds is 3. The summed E-state index contributed by atoms with van der Waals surface area (Å²) in [5.74, 6) is 0. The Balaban J connectivity index is 1.76. The van der Waals surface area contributed by atoms with Crippen molar-refractivity contribution < 1.29 is 0 Å². The molecule has 4 heterocycles. The number of para-hydroxylation sites is 1. The monoisotopic (exact) mass is 372 g/mol. The molecule has 1 aliphatic rings. The van der Waals surface area contributed by atoms with Crippen molar-refractivity contribution in [3.63, 3.8) is 0 Å². The number of nitrogens with two attached hydrogens (primary N) is 1. The standard InChI is InChI=1S/C20H16N6S/c1-12-17(16-8-4-5-11-26(16)25-12)20-23-18(13-6-2-3-7-14(13)21)19(27-20)15-9-10-22-24-15/h2-8,10-11H,9,21H2,1H3. The first kappa shape index (κ1) is 15.9. The lowest BCUT2D eigenvalue weighted by Crippen LogP contribution is -1.99. The summed E-state index contributed by atoms with van der Waals surface area (Å²) in [6, 6.07) is 13.8. The number of hydrogen-bond donors (Lipinski definition) is 1. The van der Waals surface area contributed by atoms with E-state index in [4.69, 9.17) is 10.7 Å². The second kappa shape index (κ2) is 6.14. The van der Waals surface area contributed by atoms with Gasteiger partial charge in [0.1, 0.15) is 5.01 Å². The van der Waals surface area contributed by atoms with Gasteiger partial charge in [-0.1, -0.05) is 24.3 Å². The Labute approximate surface area is 159 Å². The largest absolute Gasteiger partial charge is 0.398 e. The Morgan fingerprint density at radius 3 is 2.78 bits per heavy atom. The third-order valence-electron chi connectivity index (χ3n) is 4.58. The average molecular weight is 372 g/mol. The third kappa shape index (κ3) is 2.55. The molecular formula is C20H16N6S. The van der Waals surface area contributed by atoms with Crippen molar-refractivity contribution in [2.45, 2.75) is 13.3 Å². The van der Waals surface area contributed by atoms with Crippen molar-refractivity contribution >= 4 is 34.5 Å². The van der Waals surface area contributed by atoms with E-state index in [9.17, 15) is 0 Å². The lowest BCUT2D eigenvalue weighted by molar-refractivity contribution is 0.934. The fourth-order valence-electron chi connectivity index (χ4n) is 3.32. The highest BCUT2D eigenvalue weighted by molar-refractivity contribution is 7.17. The summed E-state index contributed by atoms with van der Waals surface area (Å²) in [6.07, 6.45) is 4.47. The second-order valence-electron chi connectivity index (χ2n) is 6.32. The first-order chi connectivity index (χ1) is 13.2. The van der Waals surface area contributed by atoms with Crippen LogP contribution in [0.4, 0.5) is 5.69 Å². The molecule has 0 bridgehead atoms. The summed E-state index contributed by atoms with van der Waals surface area (Å²) >= 11 is 1.62. The minimum atomic E-state index is 0.701. The van der Waals surface area contributed by atoms with E-state index in [-0.39, 0.29) is 0 Å². The Hall–Kier alpha value is -3.32. The fraction of sp³-hybridized carbons (Fsp3) is 0.100. The Morgan fingerprint density at radius 2 is 1.96 bits per heavy atom. The molecule has 7 heteroatoms. The van der Waals surface area contributed by atoms with Gasteiger partial charge in [-0.25, -0.2) is 9.50 Å². The quantitative estimate of drug-likeness (QED) is 0.547. The van der Waals surface area contributed by atoms with Crippen LogP contribution in [-0.4, -0.2) is 26.5 Å². The summed E-state index contributed by atoms with van der Waals surface area (Å²) in [7, 11) is 0. The zero-order valence-electron chi connectivity index (χ0n) is 14.6. The van der Waals surface area contributed by atoms with Crippen LogP contribution in [0.25, 0.3) is 27.3 Å². The van der Waals surface area contributed by atoms with Gasteiger partial charge in [-0.05, 0) is 25.1 Å². The summed E-state index contributed by atoms with van der Waals surface area (Å²) in [6.45, 7) is 2.01. The summed E-state index contributed by atoms with van der Waals surface area (Å²) < 4.78 is 1.89. The number of anilines is 1. The van der Waals surface area contributed by atoms with Gasteiger partial charge in [0.25, 0.3) is 0 Å². The maximum absolute atomic E-state index is 6.25. The minimum Gasteiger partial charge on any atom is -0.398 e. The minimum absolute atomic E-state index is 0.701. The topological polar surface area (TPSA) is 80.9 Å². The van der Waals surface area contributed by atoms with Crippen molar-refractivity contribution in [2.24, 2.45) is 10.2 Å². The van der Waals surface area contributed by atoms with Crippen LogP contribution in [0.1, 0.15) is 17.0 Å². The average Bonchev–Trinajstić information content (AvgIpc) is 3.39. The van der Waals surface area contributed by atoms with Gasteiger partial charge in [0.15, 0.2) is 0 Å². The summed E-state index contributed by atoms with van der Waals surface area (Å²) in [5.41, 5.74) is 12.7. The van der Waals surface area contributed by atoms with Crippen molar-refractivity contribution in [3.05, 3.63) is 59.2 Å². The van der Waals surface area contributed by atoms with E-state index < -0.39 is 0 Å². The number of hydrogen-bond acceptors (Lipinski definition) is 6. The van der Waals surface area contributed by atoms with E-state index in [1.54, 1.807) is 11.3 Å². The third-order valence-corrected chi connectivity index (χ3v) is 5.70. The second-order valence-corrected chi connectivity index (χ2v) is 7.32. The molecule has 1 aromatic carbocycles. The number of nitrogens with zero attached hydrogens (tertiary/aromatic N) is 5. The maximum atomic E-state index is 6.25. The predicted octanol–water partition coefficient (Wildman–Crippen LogP) is 4.19. The molecule has 0 fully saturated rings. The highest BCUT2D eigenvalue weighted by Crippen LogP contribution is 2.39. The molecule has 0 saturated carbocycles. The first-order valence-electron chi connectivity index (χ1n) is 8.61. The lowest BCUT2D eigenvalue weighted by atomic mass is 10.1. The van der Waals surface area contributed by atoms with Crippen LogP contribution in [0.2, 0.25) is 0 Å². The Morgan fingerprint density at radius 1 is 1.11 bits per heavy atom. The number of thiazole rings is 1. The van der Waals surface area contributed by atoms with E-state index in [0.717, 1.165) is 43.6 Å². The number of aryl methyl sites for hydroxylation is 1. The van der Waals surface area contributed by atoms with Crippen molar-refractivity contribution in [3.8, 4) is 21.8 Å². The molecule has 0 aliphatic carbocycles. The van der Waals surface area contributed by atoms with Crippen molar-refractivity contribution in [1.82, 2.24) is 14.6 Å². The number of benzene rings is 1. The van der Waals surface area contributed by atoms with Gasteiger partial charge in [0, 0.05) is 30.1 Å². The maximum Gasteiger partial charge on any atom is 0.128 e. The SMILES string of the molecule is Cc1nn2ccccc2c1-c1nc(-c2ccccc2N)c(C2=NN=CC2)s1. The molecule has 0 spiro atoms. The molecule has 5 rings (SSSR count). The lowest BCUT2D eigenvalue weighted by Gasteiger charge is -2.04. The predicted molar refractivity (Wildman–Crippen MR) is 111 cm³/mol. The molecule has 2 N–H and O–H groups in total. The molecule has 4 aromatic rings. The van der Waals surface area contributed by atoms with Crippen LogP contribution in [0.15, 0.2) is 58.9 Å². The Kier molecular flexibility index (Phi) is 3.61. The van der Waals surface area contributed by atoms with E-state index in [1.165, 1.54) is 0 Å². The van der Waals surface area contributed by atoms with Crippen LogP contribution in [0.3, 0.4) is 0 Å². The molecule has 0 radical (unpaired) electrons. The summed E-state index contributed by atoms with van der Waals surface area (Å²) in [4.78, 5) is 6.00. The highest BCUT2D eigenvalue weighted by Gasteiger charge is 2.23. The number of nitrogen functional groups attached to an aromatic ring is 1. The molecule has 3 aromatic heterocycles. The zero-order chi connectivity index (χ0) is 18.4. The fourth-order valence-corrected chi connectivity index (χ4v) is 4.49. The molecule has 6 nitrogen and oxygen atoms in total. The van der Waals surface area contributed by atoms with Gasteiger partial charge in [-0.15, -0.1) is 11.3 Å². The highest BCUT2D eigenvalue weighted by atomic mass is 32.1. The number of aromatic nitrogens is 3. The molecule has 0 amide bonds. The van der Waals surface area contributed by atoms with E-state index >= 15 is 0 Å². The zero-order valence-corrected chi connectivity index (χ0v) is 15.4. The van der Waals surface area contributed by atoms with Crippen LogP contribution < -0.4 is 5.73 Å². The Bertz CT molecular complexity index is 1230. The molecule has 0 unspecified atom stereocenters. The van der Waals surface area contributed by atoms with E-state index in [0.29, 0.717) is 12.1 Å². The van der Waals surface area contributed by atoms with E-state index in [2.05, 4.69) is 21.4 Å². The van der Waals surface area contributed by atoms with Crippen molar-refractivity contribution in [1.29, 1.82) is 0 Å². The normalized spacial score (nSPS) is 13.4. The van der Waals surface area contributed by atoms with Crippen LogP contribution >= 0.6 is 11.3 Å². The number of fused-ring (bicyclic) bond motifs is 1. The molecule has 0 atom stereocenters. The molecular weight excluding hydrogens is 356 g/mol. The first-order valence-corrected chi connectivity index (χ1v) is 9.43. The van der Waals surface area contributed by atoms with Gasteiger partial charge >= 0.3 is 0 Å². The van der Waals surface area contributed by atoms with Gasteiger partial charge in [-0.3, -0.25) is 0 Å². The number of pyridine rings is 1. The molecule has 1 aliphatic heterocycles.